The summed E-state index contributed by atoms with van der Waals surface area (Å²) in [7, 11) is 1.79. The van der Waals surface area contributed by atoms with E-state index in [4.69, 9.17) is 15.5 Å². The lowest BCUT2D eigenvalue weighted by Crippen LogP contribution is -2.52. The van der Waals surface area contributed by atoms with Gasteiger partial charge in [-0.3, -0.25) is 28.8 Å². The van der Waals surface area contributed by atoms with Gasteiger partial charge in [0.25, 0.3) is 5.56 Å². The molecule has 0 radical (unpaired) electrons. The lowest BCUT2D eigenvalue weighted by Gasteiger charge is -2.31. The minimum absolute atomic E-state index is 0.0235. The number of aryl methyl sites for hydroxylation is 1. The maximum absolute atomic E-state index is 15.0. The third-order valence-corrected chi connectivity index (χ3v) is 11.6. The molecule has 64 heavy (non-hydrogen) atoms. The van der Waals surface area contributed by atoms with Gasteiger partial charge in [0.15, 0.2) is 5.60 Å². The molecule has 0 saturated heterocycles. The Hall–Kier alpha value is -6.57. The molecule has 3 atom stereocenters. The first-order valence-corrected chi connectivity index (χ1v) is 21.2. The van der Waals surface area contributed by atoms with Crippen LogP contribution in [0.1, 0.15) is 72.5 Å². The highest BCUT2D eigenvalue weighted by molar-refractivity contribution is 5.93. The number of esters is 1. The Morgan fingerprint density at radius 3 is 2.39 bits per heavy atom. The van der Waals surface area contributed by atoms with Crippen LogP contribution in [-0.4, -0.2) is 107 Å². The number of carbonyl (C=O) groups is 6. The van der Waals surface area contributed by atoms with E-state index in [-0.39, 0.29) is 75.6 Å². The molecule has 0 aliphatic carbocycles. The molecule has 4 heterocycles. The van der Waals surface area contributed by atoms with Crippen molar-refractivity contribution in [2.75, 3.05) is 46.3 Å². The van der Waals surface area contributed by atoms with Crippen LogP contribution in [-0.2, 0) is 58.7 Å². The van der Waals surface area contributed by atoms with E-state index in [9.17, 15) is 38.7 Å². The Kier molecular flexibility index (Phi) is 14.9. The summed E-state index contributed by atoms with van der Waals surface area (Å²) in [6.45, 7) is 4.85. The van der Waals surface area contributed by atoms with Crippen molar-refractivity contribution in [1.29, 1.82) is 0 Å². The lowest BCUT2D eigenvalue weighted by molar-refractivity contribution is -0.172. The van der Waals surface area contributed by atoms with Crippen LogP contribution in [0.5, 0.6) is 0 Å². The number of pyridine rings is 2. The molecule has 4 aromatic rings. The minimum atomic E-state index is -2.02. The summed E-state index contributed by atoms with van der Waals surface area (Å²) >= 11 is 0. The maximum atomic E-state index is 15.0. The number of nitrogens with one attached hydrogen (secondary N) is 5. The van der Waals surface area contributed by atoms with E-state index in [2.05, 4.69) is 26.6 Å². The van der Waals surface area contributed by atoms with Gasteiger partial charge in [0.2, 0.25) is 29.5 Å². The first-order valence-electron chi connectivity index (χ1n) is 21.2. The summed E-state index contributed by atoms with van der Waals surface area (Å²) in [4.78, 5) is 96.6. The second-order valence-corrected chi connectivity index (χ2v) is 16.0. The number of amides is 5. The smallest absolute Gasteiger partial charge is 0.343 e. The largest absolute Gasteiger partial charge is 0.458 e. The molecule has 8 N–H and O–H groups in total. The molecule has 18 nitrogen and oxygen atoms in total. The zero-order valence-electron chi connectivity index (χ0n) is 36.3. The predicted octanol–water partition coefficient (Wildman–Crippen LogP) is 0.451. The fourth-order valence-corrected chi connectivity index (χ4v) is 7.98. The molecule has 0 saturated carbocycles. The second kappa shape index (κ2) is 20.3. The Morgan fingerprint density at radius 2 is 1.69 bits per heavy atom. The van der Waals surface area contributed by atoms with Gasteiger partial charge in [-0.2, -0.15) is 0 Å². The number of halogens is 1. The van der Waals surface area contributed by atoms with Crippen molar-refractivity contribution >= 4 is 46.4 Å². The van der Waals surface area contributed by atoms with Gasteiger partial charge in [0, 0.05) is 55.1 Å². The third kappa shape index (κ3) is 10.3. The van der Waals surface area contributed by atoms with E-state index in [0.29, 0.717) is 58.5 Å². The fourth-order valence-electron chi connectivity index (χ4n) is 7.98. The molecule has 2 aromatic carbocycles. The highest BCUT2D eigenvalue weighted by Crippen LogP contribution is 2.42. The van der Waals surface area contributed by atoms with Crippen LogP contribution in [0.15, 0.2) is 53.3 Å². The Morgan fingerprint density at radius 1 is 0.953 bits per heavy atom. The zero-order valence-corrected chi connectivity index (χ0v) is 36.3. The van der Waals surface area contributed by atoms with Gasteiger partial charge in [0.05, 0.1) is 54.7 Å². The van der Waals surface area contributed by atoms with Gasteiger partial charge in [-0.25, -0.2) is 14.2 Å². The maximum Gasteiger partial charge on any atom is 0.343 e. The number of hydrogen-bond acceptors (Lipinski definition) is 12. The van der Waals surface area contributed by atoms with E-state index >= 15 is 4.39 Å². The number of rotatable bonds is 19. The average Bonchev–Trinajstić information content (AvgIpc) is 3.65. The van der Waals surface area contributed by atoms with Crippen molar-refractivity contribution in [3.05, 3.63) is 98.1 Å². The molecular formula is C45H54FN9O9. The lowest BCUT2D eigenvalue weighted by atomic mass is 9.86. The van der Waals surface area contributed by atoms with Crippen LogP contribution in [0.3, 0.4) is 0 Å². The monoisotopic (exact) mass is 883 g/mol. The number of nitrogens with two attached hydrogens (primary N) is 1. The molecule has 0 fully saturated rings. The van der Waals surface area contributed by atoms with Gasteiger partial charge >= 0.3 is 5.97 Å². The number of likely N-dealkylation sites (N-methyl/N-ethyl adjacent to an activating group) is 1. The number of cyclic esters (lactones) is 1. The molecule has 2 aromatic heterocycles. The number of hydrogen-bond donors (Lipinski definition) is 7. The number of aliphatic hydroxyl groups is 1. The van der Waals surface area contributed by atoms with Crippen molar-refractivity contribution in [3.8, 4) is 11.4 Å². The summed E-state index contributed by atoms with van der Waals surface area (Å²) in [5.41, 5.74) is 6.70. The topological polar surface area (TPSA) is 256 Å². The van der Waals surface area contributed by atoms with Crippen LogP contribution in [0.4, 0.5) is 4.39 Å². The number of carbonyl (C=O) groups excluding carboxylic acids is 6. The first-order chi connectivity index (χ1) is 30.6. The minimum Gasteiger partial charge on any atom is -0.458 e. The molecule has 5 amide bonds. The molecule has 340 valence electrons. The molecule has 2 aliphatic rings. The van der Waals surface area contributed by atoms with Gasteiger partial charge in [-0.05, 0) is 55.6 Å². The summed E-state index contributed by atoms with van der Waals surface area (Å²) in [5.74, 6) is -3.78. The Bertz CT molecular complexity index is 2530. The molecule has 6 rings (SSSR count). The number of nitrogens with zero attached hydrogens (tertiary/aromatic N) is 3. The molecule has 0 spiro atoms. The normalized spacial score (nSPS) is 15.9. The highest BCUT2D eigenvalue weighted by atomic mass is 19.1. The SMILES string of the molecule is CC[C@H](NC(=O)CCN(C)CCNC(=O)CNC(=O)C(Cc1ccccc1)NC(=O)CNC(=O)CN)c1c2c(nc3cc(F)c(C)cc13)-c1cc3c(c(=O)n1C2)COC(=O)[C@]3(O)CC. The number of fused-ring (bicyclic) bond motifs is 5. The van der Waals surface area contributed by atoms with Crippen LogP contribution in [0.2, 0.25) is 0 Å². The molecular weight excluding hydrogens is 830 g/mol. The molecule has 19 heteroatoms. The van der Waals surface area contributed by atoms with E-state index in [1.807, 2.05) is 17.9 Å². The summed E-state index contributed by atoms with van der Waals surface area (Å²) in [5, 5.41) is 25.3. The summed E-state index contributed by atoms with van der Waals surface area (Å²) in [6.07, 6.45) is 0.657. The highest BCUT2D eigenvalue weighted by Gasteiger charge is 2.45. The standard InChI is InChI=1S/C45H54FN9O9/c1-5-32(40-27-16-25(3)31(46)19-33(27)53-41-28(40)23-55-35(41)18-30-29(43(55)61)24-64-44(62)45(30,63)6-2)51-36(56)12-14-54(4)15-13-48-38(58)21-50-42(60)34(17-26-10-8-7-9-11-26)52-39(59)22-49-37(57)20-47/h7-11,16,18-19,32,34,63H,5-6,12-15,17,20-24,47H2,1-4H3,(H,48,58)(H,49,57)(H,50,60)(H,51,56)(H,52,59)/t32-,34?,45-/m0/s1. The van der Waals surface area contributed by atoms with Crippen LogP contribution in [0.25, 0.3) is 22.3 Å². The van der Waals surface area contributed by atoms with Crippen LogP contribution < -0.4 is 37.9 Å². The van der Waals surface area contributed by atoms with Crippen molar-refractivity contribution in [1.82, 2.24) is 41.0 Å². The van der Waals surface area contributed by atoms with Gasteiger partial charge in [-0.15, -0.1) is 0 Å². The number of ether oxygens (including phenoxy) is 1. The second-order valence-electron chi connectivity index (χ2n) is 16.0. The summed E-state index contributed by atoms with van der Waals surface area (Å²) in [6, 6.07) is 12.0. The van der Waals surface area contributed by atoms with E-state index in [1.54, 1.807) is 57.3 Å². The fraction of sp³-hybridized carbons (Fsp3) is 0.422. The van der Waals surface area contributed by atoms with E-state index in [1.165, 1.54) is 10.6 Å². The van der Waals surface area contributed by atoms with Crippen molar-refractivity contribution in [3.63, 3.8) is 0 Å². The number of aromatic nitrogens is 2. The molecule has 1 unspecified atom stereocenters. The molecule has 0 bridgehead atoms. The van der Waals surface area contributed by atoms with Gasteiger partial charge in [-0.1, -0.05) is 44.2 Å². The van der Waals surface area contributed by atoms with Crippen molar-refractivity contribution in [2.45, 2.75) is 77.3 Å². The zero-order chi connectivity index (χ0) is 46.3. The van der Waals surface area contributed by atoms with Crippen LogP contribution >= 0.6 is 0 Å². The van der Waals surface area contributed by atoms with Gasteiger partial charge in [0.1, 0.15) is 18.5 Å². The number of benzene rings is 2. The van der Waals surface area contributed by atoms with Crippen molar-refractivity contribution < 1.29 is 43.0 Å². The molecule has 2 aliphatic heterocycles. The average molecular weight is 884 g/mol. The third-order valence-electron chi connectivity index (χ3n) is 11.6. The first kappa shape index (κ1) is 46.9. The Balaban J connectivity index is 1.06. The Labute approximate surface area is 368 Å². The van der Waals surface area contributed by atoms with E-state index in [0.717, 1.165) is 5.56 Å². The summed E-state index contributed by atoms with van der Waals surface area (Å²) < 4.78 is 21.8. The predicted molar refractivity (Wildman–Crippen MR) is 233 cm³/mol. The van der Waals surface area contributed by atoms with Crippen LogP contribution in [0, 0.1) is 12.7 Å². The van der Waals surface area contributed by atoms with Gasteiger partial charge < -0.3 is 51.6 Å². The van der Waals surface area contributed by atoms with Crippen molar-refractivity contribution in [2.24, 2.45) is 5.73 Å². The van der Waals surface area contributed by atoms with E-state index < -0.39 is 58.7 Å². The quantitative estimate of drug-likeness (QED) is 0.0559.